The maximum Gasteiger partial charge on any atom is 0.326 e. The summed E-state index contributed by atoms with van der Waals surface area (Å²) in [7, 11) is 0. The summed E-state index contributed by atoms with van der Waals surface area (Å²) in [6, 6.07) is 8.10. The van der Waals surface area contributed by atoms with Gasteiger partial charge in [-0.3, -0.25) is 9.59 Å². The van der Waals surface area contributed by atoms with Gasteiger partial charge >= 0.3 is 6.03 Å². The zero-order valence-corrected chi connectivity index (χ0v) is 21.7. The number of fused-ring (bicyclic) bond motifs is 1. The van der Waals surface area contributed by atoms with Crippen molar-refractivity contribution in [3.05, 3.63) is 71.0 Å². The number of terminal acetylenes is 1. The lowest BCUT2D eigenvalue weighted by atomic mass is 9.80. The van der Waals surface area contributed by atoms with E-state index in [-0.39, 0.29) is 34.6 Å². The maximum atomic E-state index is 14.7. The molecular formula is C27H23ClFN7O3. The van der Waals surface area contributed by atoms with Crippen molar-refractivity contribution in [1.82, 2.24) is 15.3 Å². The van der Waals surface area contributed by atoms with Gasteiger partial charge in [0.05, 0.1) is 36.1 Å². The first-order chi connectivity index (χ1) is 18.5. The van der Waals surface area contributed by atoms with E-state index in [0.717, 1.165) is 10.5 Å². The minimum Gasteiger partial charge on any atom is -0.351 e. The van der Waals surface area contributed by atoms with Crippen molar-refractivity contribution in [1.29, 1.82) is 0 Å². The van der Waals surface area contributed by atoms with Crippen molar-refractivity contribution >= 4 is 58.3 Å². The third kappa shape index (κ3) is 5.76. The molecule has 2 heterocycles. The molecule has 0 saturated carbocycles. The normalized spacial score (nSPS) is 14.0. The molecule has 4 rings (SSSR count). The van der Waals surface area contributed by atoms with Crippen LogP contribution in [-0.2, 0) is 10.2 Å². The number of aromatic nitrogens is 2. The lowest BCUT2D eigenvalue weighted by Gasteiger charge is -2.26. The molecule has 1 aromatic heterocycles. The van der Waals surface area contributed by atoms with Crippen LogP contribution < -0.4 is 26.6 Å². The quantitative estimate of drug-likeness (QED) is 0.337. The Morgan fingerprint density at radius 2 is 2.05 bits per heavy atom. The number of primary amides is 1. The zero-order chi connectivity index (χ0) is 28.3. The number of nitrogens with one attached hydrogen (secondary N) is 3. The highest BCUT2D eigenvalue weighted by Crippen LogP contribution is 2.40. The predicted octanol–water partition coefficient (Wildman–Crippen LogP) is 4.29. The van der Waals surface area contributed by atoms with Gasteiger partial charge in [-0.1, -0.05) is 43.5 Å². The molecule has 0 atom stereocenters. The van der Waals surface area contributed by atoms with Gasteiger partial charge in [0.15, 0.2) is 5.82 Å². The molecule has 0 fully saturated rings. The van der Waals surface area contributed by atoms with Crippen LogP contribution in [0.5, 0.6) is 0 Å². The van der Waals surface area contributed by atoms with E-state index in [0.29, 0.717) is 17.8 Å². The number of rotatable bonds is 6. The summed E-state index contributed by atoms with van der Waals surface area (Å²) < 4.78 is 14.7. The standard InChI is InChI=1S/C27H23ClFN7O3/c1-4-12-31-24(38)16-6-5-7-19(29)22(16)34-23-18(28)14-32-26(35-23)33-15-8-9-17-20(13-15)36(25(30)39)21(37)10-11-27(17,2)3/h1,5-9,13-14H,11-12H2,2-3H3,(H2,30,39)(H,31,38)(H2,32,33,34,35). The number of urea groups is 1. The zero-order valence-electron chi connectivity index (χ0n) is 20.9. The van der Waals surface area contributed by atoms with E-state index in [1.54, 1.807) is 18.2 Å². The molecule has 0 aliphatic carbocycles. The monoisotopic (exact) mass is 547 g/mol. The average molecular weight is 548 g/mol. The Morgan fingerprint density at radius 1 is 1.28 bits per heavy atom. The topological polar surface area (TPSA) is 142 Å². The first-order valence-electron chi connectivity index (χ1n) is 11.6. The van der Waals surface area contributed by atoms with E-state index in [9.17, 15) is 18.8 Å². The minimum atomic E-state index is -0.940. The molecule has 2 radical (unpaired) electrons. The highest BCUT2D eigenvalue weighted by molar-refractivity contribution is 6.33. The van der Waals surface area contributed by atoms with Crippen LogP contribution in [0.25, 0.3) is 0 Å². The Balaban J connectivity index is 1.67. The fourth-order valence-corrected chi connectivity index (χ4v) is 4.13. The first kappa shape index (κ1) is 27.3. The number of para-hydroxylation sites is 1. The molecule has 2 aromatic carbocycles. The van der Waals surface area contributed by atoms with Gasteiger partial charge in [0, 0.05) is 5.69 Å². The molecule has 1 aliphatic heterocycles. The molecular weight excluding hydrogens is 525 g/mol. The Kier molecular flexibility index (Phi) is 7.69. The van der Waals surface area contributed by atoms with Crippen LogP contribution in [0.15, 0.2) is 42.6 Å². The smallest absolute Gasteiger partial charge is 0.326 e. The van der Waals surface area contributed by atoms with Crippen molar-refractivity contribution in [2.24, 2.45) is 5.73 Å². The van der Waals surface area contributed by atoms with Crippen molar-refractivity contribution < 1.29 is 18.8 Å². The fourth-order valence-electron chi connectivity index (χ4n) is 4.00. The molecule has 39 heavy (non-hydrogen) atoms. The summed E-state index contributed by atoms with van der Waals surface area (Å²) >= 11 is 6.26. The van der Waals surface area contributed by atoms with Crippen LogP contribution in [0.3, 0.4) is 0 Å². The van der Waals surface area contributed by atoms with E-state index in [4.69, 9.17) is 23.8 Å². The van der Waals surface area contributed by atoms with E-state index >= 15 is 0 Å². The maximum absolute atomic E-state index is 14.7. The van der Waals surface area contributed by atoms with Crippen molar-refractivity contribution in [2.45, 2.75) is 25.7 Å². The van der Waals surface area contributed by atoms with Crippen LogP contribution in [0.1, 0.15) is 36.2 Å². The lowest BCUT2D eigenvalue weighted by Crippen LogP contribution is -2.40. The van der Waals surface area contributed by atoms with Crippen molar-refractivity contribution in [3.8, 4) is 12.3 Å². The molecule has 3 aromatic rings. The second kappa shape index (κ2) is 11.0. The third-order valence-corrected chi connectivity index (χ3v) is 6.20. The predicted molar refractivity (Wildman–Crippen MR) is 146 cm³/mol. The molecule has 10 nitrogen and oxygen atoms in total. The first-order valence-corrected chi connectivity index (χ1v) is 12.0. The molecule has 0 saturated heterocycles. The average Bonchev–Trinajstić information content (AvgIpc) is 2.98. The summed E-state index contributed by atoms with van der Waals surface area (Å²) in [5, 5.41) is 8.28. The molecule has 0 spiro atoms. The molecule has 5 N–H and O–H groups in total. The Morgan fingerprint density at radius 3 is 2.77 bits per heavy atom. The van der Waals surface area contributed by atoms with Gasteiger partial charge in [0.1, 0.15) is 10.8 Å². The van der Waals surface area contributed by atoms with E-state index in [1.165, 1.54) is 24.4 Å². The summed E-state index contributed by atoms with van der Waals surface area (Å²) in [6.07, 6.45) is 9.47. The number of amides is 4. The van der Waals surface area contributed by atoms with Crippen LogP contribution >= 0.6 is 11.6 Å². The largest absolute Gasteiger partial charge is 0.351 e. The second-order valence-corrected chi connectivity index (χ2v) is 9.54. The Labute approximate surface area is 229 Å². The van der Waals surface area contributed by atoms with E-state index in [1.807, 2.05) is 13.8 Å². The Bertz CT molecular complexity index is 1520. The van der Waals surface area contributed by atoms with Gasteiger partial charge in [-0.2, -0.15) is 4.98 Å². The molecule has 1 aliphatic rings. The summed E-state index contributed by atoms with van der Waals surface area (Å²) in [5.74, 6) is 0.400. The Hall–Kier alpha value is -4.69. The number of carbonyl (C=O) groups is 3. The summed E-state index contributed by atoms with van der Waals surface area (Å²) in [4.78, 5) is 46.5. The fraction of sp³-hybridized carbons (Fsp3) is 0.185. The molecule has 4 amide bonds. The minimum absolute atomic E-state index is 0.00683. The van der Waals surface area contributed by atoms with Gasteiger partial charge in [0.2, 0.25) is 11.9 Å². The van der Waals surface area contributed by atoms with Crippen LogP contribution in [0, 0.1) is 24.6 Å². The van der Waals surface area contributed by atoms with Crippen molar-refractivity contribution in [3.63, 3.8) is 0 Å². The van der Waals surface area contributed by atoms with Crippen LogP contribution in [0.4, 0.5) is 38.0 Å². The number of carbonyl (C=O) groups excluding carboxylic acids is 3. The number of benzene rings is 2. The van der Waals surface area contributed by atoms with Gasteiger partial charge in [-0.25, -0.2) is 19.1 Å². The van der Waals surface area contributed by atoms with Gasteiger partial charge in [0.25, 0.3) is 5.91 Å². The van der Waals surface area contributed by atoms with Gasteiger partial charge in [-0.05, 0) is 41.7 Å². The lowest BCUT2D eigenvalue weighted by molar-refractivity contribution is -0.114. The highest BCUT2D eigenvalue weighted by atomic mass is 35.5. The SMILES string of the molecule is C#CCNC(=O)c1cccc(F)c1Nc1nc(Nc2ccc3c(c2)N(C(N)=O)C(=O)[C]CC3(C)C)ncc1Cl. The number of hydrogen-bond acceptors (Lipinski definition) is 7. The molecule has 0 unspecified atom stereocenters. The highest BCUT2D eigenvalue weighted by Gasteiger charge is 2.35. The van der Waals surface area contributed by atoms with Gasteiger partial charge in [-0.15, -0.1) is 6.42 Å². The number of nitrogens with two attached hydrogens (primary N) is 1. The molecule has 12 heteroatoms. The summed E-state index contributed by atoms with van der Waals surface area (Å²) in [6.45, 7) is 3.81. The number of nitrogens with zero attached hydrogens (tertiary/aromatic N) is 3. The van der Waals surface area contributed by atoms with Crippen molar-refractivity contribution in [2.75, 3.05) is 22.1 Å². The van der Waals surface area contributed by atoms with Crippen LogP contribution in [0.2, 0.25) is 5.02 Å². The number of imide groups is 1. The number of hydrogen-bond donors (Lipinski definition) is 4. The second-order valence-electron chi connectivity index (χ2n) is 9.14. The summed E-state index contributed by atoms with van der Waals surface area (Å²) in [5.41, 5.74) is 6.30. The molecule has 198 valence electrons. The third-order valence-electron chi connectivity index (χ3n) is 5.93. The van der Waals surface area contributed by atoms with E-state index < -0.39 is 29.1 Å². The molecule has 0 bridgehead atoms. The number of anilines is 5. The van der Waals surface area contributed by atoms with Crippen LogP contribution in [-0.4, -0.2) is 34.4 Å². The number of halogens is 2. The van der Waals surface area contributed by atoms with E-state index in [2.05, 4.69) is 38.3 Å². The van der Waals surface area contributed by atoms with Gasteiger partial charge < -0.3 is 21.7 Å².